The third kappa shape index (κ3) is 4.29. The molecule has 0 atom stereocenters. The second-order valence-electron chi connectivity index (χ2n) is 6.31. The van der Waals surface area contributed by atoms with E-state index in [0.29, 0.717) is 17.4 Å². The molecule has 0 amide bonds. The van der Waals surface area contributed by atoms with Crippen molar-refractivity contribution in [2.45, 2.75) is 11.1 Å². The summed E-state index contributed by atoms with van der Waals surface area (Å²) in [5.41, 5.74) is 0.196. The van der Waals surface area contributed by atoms with Crippen molar-refractivity contribution in [1.29, 1.82) is 0 Å². The predicted octanol–water partition coefficient (Wildman–Crippen LogP) is 4.36. The van der Waals surface area contributed by atoms with Crippen molar-refractivity contribution in [2.24, 2.45) is 0 Å². The van der Waals surface area contributed by atoms with Crippen molar-refractivity contribution in [3.63, 3.8) is 0 Å². The van der Waals surface area contributed by atoms with E-state index in [2.05, 4.69) is 4.98 Å². The Bertz CT molecular complexity index is 1170. The number of benzene rings is 2. The zero-order valence-electron chi connectivity index (χ0n) is 14.9. The molecule has 0 aliphatic carbocycles. The third-order valence-electron chi connectivity index (χ3n) is 4.25. The molecule has 0 bridgehead atoms. The Balaban J connectivity index is 2.11. The summed E-state index contributed by atoms with van der Waals surface area (Å²) in [7, 11) is -3.38. The first-order valence-electron chi connectivity index (χ1n) is 8.17. The van der Waals surface area contributed by atoms with Gasteiger partial charge in [-0.15, -0.1) is 0 Å². The molecule has 1 N–H and O–H groups in total. The molecule has 5 nitrogen and oxygen atoms in total. The summed E-state index contributed by atoms with van der Waals surface area (Å²) in [4.78, 5) is 14.8. The van der Waals surface area contributed by atoms with Crippen LogP contribution in [0.1, 0.15) is 16.1 Å². The number of aldehydes is 1. The third-order valence-corrected chi connectivity index (χ3v) is 5.38. The highest BCUT2D eigenvalue weighted by Crippen LogP contribution is 2.37. The smallest absolute Gasteiger partial charge is 0.433 e. The van der Waals surface area contributed by atoms with Gasteiger partial charge in [0.2, 0.25) is 0 Å². The molecule has 150 valence electrons. The molecule has 3 aromatic rings. The van der Waals surface area contributed by atoms with Crippen molar-refractivity contribution in [1.82, 2.24) is 4.98 Å². The van der Waals surface area contributed by atoms with Crippen LogP contribution in [0.25, 0.3) is 22.3 Å². The number of carbonyl (C=O) groups excluding carboxylic acids is 1. The Kier molecular flexibility index (Phi) is 5.18. The van der Waals surface area contributed by atoms with Gasteiger partial charge in [-0.1, -0.05) is 18.2 Å². The zero-order chi connectivity index (χ0) is 21.4. The van der Waals surface area contributed by atoms with Crippen LogP contribution in [0.2, 0.25) is 0 Å². The van der Waals surface area contributed by atoms with Crippen LogP contribution in [0.15, 0.2) is 59.6 Å². The quantitative estimate of drug-likeness (QED) is 0.633. The maximum absolute atomic E-state index is 12.7. The SMILES string of the molecule is CS(=O)(=O)c1ccc(-c2cc(C=O)c(O)c(-c3ccc(C(F)(F)F)nc3)c2)cc1. The van der Waals surface area contributed by atoms with E-state index < -0.39 is 27.5 Å². The van der Waals surface area contributed by atoms with Crippen molar-refractivity contribution in [3.8, 4) is 28.0 Å². The van der Waals surface area contributed by atoms with Gasteiger partial charge in [0.1, 0.15) is 11.4 Å². The molecule has 0 saturated heterocycles. The minimum absolute atomic E-state index is 0.0652. The van der Waals surface area contributed by atoms with Gasteiger partial charge in [0.15, 0.2) is 16.1 Å². The van der Waals surface area contributed by atoms with E-state index in [0.717, 1.165) is 24.6 Å². The monoisotopic (exact) mass is 421 g/mol. The maximum atomic E-state index is 12.7. The Hall–Kier alpha value is -3.20. The lowest BCUT2D eigenvalue weighted by molar-refractivity contribution is -0.141. The fraction of sp³-hybridized carbons (Fsp3) is 0.100. The van der Waals surface area contributed by atoms with Crippen LogP contribution >= 0.6 is 0 Å². The lowest BCUT2D eigenvalue weighted by atomic mass is 9.96. The second-order valence-corrected chi connectivity index (χ2v) is 8.32. The molecule has 2 aromatic carbocycles. The van der Waals surface area contributed by atoms with E-state index in [-0.39, 0.29) is 21.6 Å². The first-order valence-corrected chi connectivity index (χ1v) is 10.1. The number of hydrogen-bond donors (Lipinski definition) is 1. The number of sulfone groups is 1. The van der Waals surface area contributed by atoms with Gasteiger partial charge in [-0.05, 0) is 41.5 Å². The number of aromatic nitrogens is 1. The van der Waals surface area contributed by atoms with Gasteiger partial charge in [-0.2, -0.15) is 13.2 Å². The molecule has 1 aromatic heterocycles. The second kappa shape index (κ2) is 7.32. The molecule has 29 heavy (non-hydrogen) atoms. The summed E-state index contributed by atoms with van der Waals surface area (Å²) in [6.45, 7) is 0. The first kappa shape index (κ1) is 20.5. The molecule has 0 fully saturated rings. The summed E-state index contributed by atoms with van der Waals surface area (Å²) in [6.07, 6.45) is -2.14. The van der Waals surface area contributed by atoms with Crippen LogP contribution in [-0.4, -0.2) is 31.1 Å². The summed E-state index contributed by atoms with van der Waals surface area (Å²) in [6, 6.07) is 10.7. The Morgan fingerprint density at radius 2 is 1.59 bits per heavy atom. The minimum atomic E-state index is -4.60. The normalized spacial score (nSPS) is 12.0. The van der Waals surface area contributed by atoms with Crippen LogP contribution in [0.4, 0.5) is 13.2 Å². The van der Waals surface area contributed by atoms with Crippen LogP contribution in [-0.2, 0) is 16.0 Å². The Morgan fingerprint density at radius 3 is 2.07 bits per heavy atom. The Labute approximate surface area is 164 Å². The largest absolute Gasteiger partial charge is 0.507 e. The van der Waals surface area contributed by atoms with Crippen LogP contribution in [0.5, 0.6) is 5.75 Å². The lowest BCUT2D eigenvalue weighted by Crippen LogP contribution is -2.07. The number of phenolic OH excluding ortho intramolecular Hbond substituents is 1. The number of carbonyl (C=O) groups is 1. The van der Waals surface area contributed by atoms with Crippen molar-refractivity contribution < 1.29 is 31.5 Å². The lowest BCUT2D eigenvalue weighted by Gasteiger charge is -2.12. The van der Waals surface area contributed by atoms with Crippen molar-refractivity contribution >= 4 is 16.1 Å². The van der Waals surface area contributed by atoms with Gasteiger partial charge in [0.25, 0.3) is 0 Å². The van der Waals surface area contributed by atoms with E-state index in [1.54, 1.807) is 0 Å². The van der Waals surface area contributed by atoms with E-state index in [1.165, 1.54) is 36.4 Å². The van der Waals surface area contributed by atoms with Gasteiger partial charge < -0.3 is 5.11 Å². The molecule has 0 aliphatic heterocycles. The van der Waals surface area contributed by atoms with Crippen LogP contribution in [0, 0.1) is 0 Å². The fourth-order valence-electron chi connectivity index (χ4n) is 2.75. The van der Waals surface area contributed by atoms with Crippen molar-refractivity contribution in [3.05, 3.63) is 66.0 Å². The number of pyridine rings is 1. The molecule has 0 unspecified atom stereocenters. The molecule has 9 heteroatoms. The number of halogens is 3. The van der Waals surface area contributed by atoms with E-state index in [4.69, 9.17) is 0 Å². The standard InChI is InChI=1S/C20H14F3NO4S/c1-29(27,28)16-5-2-12(3-6-16)14-8-15(11-25)19(26)17(9-14)13-4-7-18(24-10-13)20(21,22)23/h2-11,26H,1H3. The highest BCUT2D eigenvalue weighted by molar-refractivity contribution is 7.90. The predicted molar refractivity (Wildman–Crippen MR) is 100 cm³/mol. The number of rotatable bonds is 4. The summed E-state index contributed by atoms with van der Waals surface area (Å²) in [5.74, 6) is -0.391. The average Bonchev–Trinajstić information content (AvgIpc) is 2.67. The van der Waals surface area contributed by atoms with Gasteiger partial charge in [0, 0.05) is 23.6 Å². The summed E-state index contributed by atoms with van der Waals surface area (Å²) >= 11 is 0. The van der Waals surface area contributed by atoms with Gasteiger partial charge >= 0.3 is 6.18 Å². The topological polar surface area (TPSA) is 84.3 Å². The first-order chi connectivity index (χ1) is 13.5. The zero-order valence-corrected chi connectivity index (χ0v) is 15.8. The van der Waals surface area contributed by atoms with Gasteiger partial charge in [0.05, 0.1) is 10.5 Å². The molecular formula is C20H14F3NO4S. The van der Waals surface area contributed by atoms with Crippen LogP contribution in [0.3, 0.4) is 0 Å². The van der Waals surface area contributed by atoms with E-state index in [9.17, 15) is 31.5 Å². The van der Waals surface area contributed by atoms with E-state index in [1.807, 2.05) is 0 Å². The van der Waals surface area contributed by atoms with Gasteiger partial charge in [-0.25, -0.2) is 8.42 Å². The summed E-state index contributed by atoms with van der Waals surface area (Å²) < 4.78 is 61.4. The maximum Gasteiger partial charge on any atom is 0.433 e. The molecule has 1 heterocycles. The molecular weight excluding hydrogens is 407 g/mol. The van der Waals surface area contributed by atoms with Crippen molar-refractivity contribution in [2.75, 3.05) is 6.26 Å². The molecule has 0 aliphatic rings. The highest BCUT2D eigenvalue weighted by atomic mass is 32.2. The molecule has 0 spiro atoms. The van der Waals surface area contributed by atoms with Gasteiger partial charge in [-0.3, -0.25) is 9.78 Å². The molecule has 0 saturated carbocycles. The fourth-order valence-corrected chi connectivity index (χ4v) is 3.38. The molecule has 3 rings (SSSR count). The molecule has 0 radical (unpaired) electrons. The highest BCUT2D eigenvalue weighted by Gasteiger charge is 2.32. The number of aromatic hydroxyl groups is 1. The number of phenols is 1. The Morgan fingerprint density at radius 1 is 0.966 bits per heavy atom. The van der Waals surface area contributed by atoms with E-state index >= 15 is 0 Å². The summed E-state index contributed by atoms with van der Waals surface area (Å²) in [5, 5.41) is 10.3. The minimum Gasteiger partial charge on any atom is -0.507 e. The van der Waals surface area contributed by atoms with Crippen LogP contribution < -0.4 is 0 Å². The number of alkyl halides is 3. The number of nitrogens with zero attached hydrogens (tertiary/aromatic N) is 1. The number of hydrogen-bond acceptors (Lipinski definition) is 5. The average molecular weight is 421 g/mol.